The third kappa shape index (κ3) is 4.44. The Morgan fingerprint density at radius 2 is 1.71 bits per heavy atom. The minimum atomic E-state index is -0.568. The smallest absolute Gasteiger partial charge is 0.317 e. The Bertz CT molecular complexity index is 830. The average molecular weight is 383 g/mol. The number of carbonyl (C=O) groups excluding carboxylic acids is 2. The van der Waals surface area contributed by atoms with Crippen LogP contribution in [0.15, 0.2) is 48.5 Å². The van der Waals surface area contributed by atoms with Crippen LogP contribution >= 0.6 is 0 Å². The summed E-state index contributed by atoms with van der Waals surface area (Å²) in [6, 6.07) is 15.2. The van der Waals surface area contributed by atoms with Crippen molar-refractivity contribution in [2.24, 2.45) is 0 Å². The van der Waals surface area contributed by atoms with Gasteiger partial charge in [-0.2, -0.15) is 0 Å². The second kappa shape index (κ2) is 8.78. The van der Waals surface area contributed by atoms with E-state index in [4.69, 9.17) is 14.2 Å². The summed E-state index contributed by atoms with van der Waals surface area (Å²) in [6.07, 6.45) is 2.15. The van der Waals surface area contributed by atoms with Crippen LogP contribution in [0.4, 0.5) is 0 Å². The Hall–Kier alpha value is -3.02. The van der Waals surface area contributed by atoms with Crippen LogP contribution in [0.3, 0.4) is 0 Å². The lowest BCUT2D eigenvalue weighted by Gasteiger charge is -2.15. The summed E-state index contributed by atoms with van der Waals surface area (Å²) < 4.78 is 15.8. The molecule has 148 valence electrons. The maximum absolute atomic E-state index is 12.4. The molecule has 0 spiro atoms. The molecule has 0 heterocycles. The Balaban J connectivity index is 1.43. The number of hydrogen-bond donors (Lipinski definition) is 1. The molecule has 6 heteroatoms. The topological polar surface area (TPSA) is 73.9 Å². The van der Waals surface area contributed by atoms with Gasteiger partial charge in [0.05, 0.1) is 19.6 Å². The van der Waals surface area contributed by atoms with E-state index in [0.29, 0.717) is 24.5 Å². The first-order valence-electron chi connectivity index (χ1n) is 9.29. The molecule has 0 atom stereocenters. The van der Waals surface area contributed by atoms with Crippen molar-refractivity contribution in [3.63, 3.8) is 0 Å². The quantitative estimate of drug-likeness (QED) is 0.674. The zero-order valence-corrected chi connectivity index (χ0v) is 16.2. The molecule has 1 fully saturated rings. The minimum absolute atomic E-state index is 0.265. The Morgan fingerprint density at radius 1 is 1.00 bits per heavy atom. The van der Waals surface area contributed by atoms with Crippen molar-refractivity contribution in [2.45, 2.75) is 24.7 Å². The summed E-state index contributed by atoms with van der Waals surface area (Å²) >= 11 is 0. The van der Waals surface area contributed by atoms with Gasteiger partial charge in [0.2, 0.25) is 0 Å². The van der Waals surface area contributed by atoms with Crippen molar-refractivity contribution in [3.05, 3.63) is 59.7 Å². The van der Waals surface area contributed by atoms with Gasteiger partial charge in [0, 0.05) is 6.54 Å². The Labute approximate surface area is 164 Å². The highest BCUT2D eigenvalue weighted by molar-refractivity contribution is 5.88. The fourth-order valence-electron chi connectivity index (χ4n) is 3.20. The molecule has 0 bridgehead atoms. The number of esters is 1. The zero-order chi connectivity index (χ0) is 20.0. The molecule has 1 N–H and O–H groups in total. The van der Waals surface area contributed by atoms with E-state index in [1.165, 1.54) is 0 Å². The zero-order valence-electron chi connectivity index (χ0n) is 16.2. The summed E-state index contributed by atoms with van der Waals surface area (Å²) in [5, 5.41) is 2.78. The van der Waals surface area contributed by atoms with Crippen LogP contribution in [-0.4, -0.2) is 39.2 Å². The van der Waals surface area contributed by atoms with E-state index in [-0.39, 0.29) is 18.5 Å². The second-order valence-electron chi connectivity index (χ2n) is 6.81. The fourth-order valence-corrected chi connectivity index (χ4v) is 3.20. The van der Waals surface area contributed by atoms with Crippen LogP contribution in [0.5, 0.6) is 11.5 Å². The molecule has 0 aromatic heterocycles. The molecule has 1 aliphatic rings. The molecule has 6 nitrogen and oxygen atoms in total. The van der Waals surface area contributed by atoms with Crippen molar-refractivity contribution < 1.29 is 23.8 Å². The van der Waals surface area contributed by atoms with E-state index in [2.05, 4.69) is 5.32 Å². The number of amides is 1. The normalized spacial score (nSPS) is 14.1. The number of carbonyl (C=O) groups is 2. The van der Waals surface area contributed by atoms with Crippen molar-refractivity contribution >= 4 is 11.9 Å². The number of ether oxygens (including phenoxy) is 3. The first kappa shape index (κ1) is 19.7. The first-order chi connectivity index (χ1) is 13.6. The third-order valence-corrected chi connectivity index (χ3v) is 4.99. The molecular weight excluding hydrogens is 358 g/mol. The highest BCUT2D eigenvalue weighted by atomic mass is 16.5. The Morgan fingerprint density at radius 3 is 2.36 bits per heavy atom. The van der Waals surface area contributed by atoms with Gasteiger partial charge in [-0.05, 0) is 42.5 Å². The number of rotatable bonds is 9. The van der Waals surface area contributed by atoms with Crippen molar-refractivity contribution in [2.75, 3.05) is 27.4 Å². The summed E-state index contributed by atoms with van der Waals surface area (Å²) in [4.78, 5) is 24.4. The molecule has 1 amide bonds. The number of benzene rings is 2. The maximum atomic E-state index is 12.4. The van der Waals surface area contributed by atoms with E-state index in [9.17, 15) is 9.59 Å². The van der Waals surface area contributed by atoms with Gasteiger partial charge in [0.15, 0.2) is 18.1 Å². The third-order valence-electron chi connectivity index (χ3n) is 4.99. The van der Waals surface area contributed by atoms with Gasteiger partial charge >= 0.3 is 5.97 Å². The lowest BCUT2D eigenvalue weighted by molar-refractivity contribution is -0.151. The van der Waals surface area contributed by atoms with Crippen LogP contribution in [-0.2, 0) is 26.2 Å². The van der Waals surface area contributed by atoms with Gasteiger partial charge in [-0.15, -0.1) is 0 Å². The molecule has 0 unspecified atom stereocenters. The number of nitrogens with one attached hydrogen (secondary N) is 1. The predicted octanol–water partition coefficient (Wildman–Crippen LogP) is 2.64. The van der Waals surface area contributed by atoms with Crippen molar-refractivity contribution in [1.29, 1.82) is 0 Å². The summed E-state index contributed by atoms with van der Waals surface area (Å²) in [6.45, 7) is 0.176. The largest absolute Gasteiger partial charge is 0.493 e. The molecule has 0 aliphatic heterocycles. The molecule has 3 rings (SSSR count). The van der Waals surface area contributed by atoms with Gasteiger partial charge in [0.1, 0.15) is 0 Å². The molecular formula is C22H25NO5. The van der Waals surface area contributed by atoms with Crippen LogP contribution in [0.1, 0.15) is 24.0 Å². The molecule has 2 aromatic rings. The second-order valence-corrected chi connectivity index (χ2v) is 6.81. The van der Waals surface area contributed by atoms with E-state index in [1.807, 2.05) is 48.5 Å². The molecule has 0 saturated heterocycles. The molecule has 1 aliphatic carbocycles. The van der Waals surface area contributed by atoms with E-state index >= 15 is 0 Å². The van der Waals surface area contributed by atoms with Crippen LogP contribution in [0.2, 0.25) is 0 Å². The number of methoxy groups -OCH3 is 2. The van der Waals surface area contributed by atoms with Gasteiger partial charge in [-0.25, -0.2) is 0 Å². The summed E-state index contributed by atoms with van der Waals surface area (Å²) in [7, 11) is 3.17. The first-order valence-corrected chi connectivity index (χ1v) is 9.29. The standard InChI is InChI=1S/C22H25NO5/c1-26-18-9-8-16(14-19(18)27-2)10-13-23-20(24)15-28-21(25)22(11-12-22)17-6-4-3-5-7-17/h3-9,14H,10-13,15H2,1-2H3,(H,23,24). The van der Waals surface area contributed by atoms with Gasteiger partial charge < -0.3 is 19.5 Å². The summed E-state index contributed by atoms with van der Waals surface area (Å²) in [5.74, 6) is 0.678. The average Bonchev–Trinajstić information content (AvgIpc) is 3.54. The highest BCUT2D eigenvalue weighted by Gasteiger charge is 2.52. The maximum Gasteiger partial charge on any atom is 0.317 e. The highest BCUT2D eigenvalue weighted by Crippen LogP contribution is 2.49. The molecule has 28 heavy (non-hydrogen) atoms. The Kier molecular flexibility index (Phi) is 6.19. The van der Waals surface area contributed by atoms with Gasteiger partial charge in [-0.1, -0.05) is 36.4 Å². The van der Waals surface area contributed by atoms with Crippen LogP contribution < -0.4 is 14.8 Å². The van der Waals surface area contributed by atoms with Crippen molar-refractivity contribution in [1.82, 2.24) is 5.32 Å². The number of hydrogen-bond acceptors (Lipinski definition) is 5. The van der Waals surface area contributed by atoms with Gasteiger partial charge in [0.25, 0.3) is 5.91 Å². The molecule has 2 aromatic carbocycles. The van der Waals surface area contributed by atoms with E-state index in [0.717, 1.165) is 24.0 Å². The van der Waals surface area contributed by atoms with E-state index in [1.54, 1.807) is 14.2 Å². The fraction of sp³-hybridized carbons (Fsp3) is 0.364. The molecule has 0 radical (unpaired) electrons. The lowest BCUT2D eigenvalue weighted by Crippen LogP contribution is -2.33. The SMILES string of the molecule is COc1ccc(CCNC(=O)COC(=O)C2(c3ccccc3)CC2)cc1OC. The summed E-state index contributed by atoms with van der Waals surface area (Å²) in [5.41, 5.74) is 1.39. The monoisotopic (exact) mass is 383 g/mol. The molecule has 1 saturated carbocycles. The van der Waals surface area contributed by atoms with Gasteiger partial charge in [-0.3, -0.25) is 9.59 Å². The lowest BCUT2D eigenvalue weighted by atomic mass is 9.96. The van der Waals surface area contributed by atoms with Crippen molar-refractivity contribution in [3.8, 4) is 11.5 Å². The van der Waals surface area contributed by atoms with Crippen LogP contribution in [0, 0.1) is 0 Å². The predicted molar refractivity (Wildman–Crippen MR) is 105 cm³/mol. The van der Waals surface area contributed by atoms with E-state index < -0.39 is 5.41 Å². The minimum Gasteiger partial charge on any atom is -0.493 e. The van der Waals surface area contributed by atoms with Crippen LogP contribution in [0.25, 0.3) is 0 Å².